The van der Waals surface area contributed by atoms with Gasteiger partial charge in [0, 0.05) is 25.4 Å². The lowest BCUT2D eigenvalue weighted by Gasteiger charge is -2.38. The summed E-state index contributed by atoms with van der Waals surface area (Å²) in [7, 11) is 0. The molecule has 1 saturated heterocycles. The number of hydrogen-bond acceptors (Lipinski definition) is 4. The number of hydrogen-bond donors (Lipinski definition) is 0. The quantitative estimate of drug-likeness (QED) is 0.687. The minimum absolute atomic E-state index is 0.0199. The predicted octanol–water partition coefficient (Wildman–Crippen LogP) is 3.17. The molecule has 0 aromatic heterocycles. The van der Waals surface area contributed by atoms with Crippen LogP contribution in [-0.2, 0) is 0 Å². The van der Waals surface area contributed by atoms with Gasteiger partial charge in [-0.2, -0.15) is 0 Å². The van der Waals surface area contributed by atoms with Gasteiger partial charge in [0.25, 0.3) is 5.92 Å². The first-order valence-corrected chi connectivity index (χ1v) is 7.44. The summed E-state index contributed by atoms with van der Waals surface area (Å²) in [6.07, 6.45) is 6.35. The number of nitrogens with zero attached hydrogens (tertiary/aromatic N) is 4. The van der Waals surface area contributed by atoms with Crippen molar-refractivity contribution in [2.45, 2.75) is 38.2 Å². The molecule has 0 aromatic rings. The summed E-state index contributed by atoms with van der Waals surface area (Å²) in [5.74, 6) is -2.13. The summed E-state index contributed by atoms with van der Waals surface area (Å²) in [5.41, 5.74) is 0.719. The molecule has 3 heterocycles. The Hall–Kier alpha value is -1.43. The van der Waals surface area contributed by atoms with Gasteiger partial charge in [-0.25, -0.2) is 18.8 Å². The van der Waals surface area contributed by atoms with Crippen molar-refractivity contribution in [3.8, 4) is 0 Å². The maximum atomic E-state index is 13.7. The Balaban J connectivity index is 1.94. The van der Waals surface area contributed by atoms with Crippen molar-refractivity contribution in [3.05, 3.63) is 24.2 Å². The van der Waals surface area contributed by atoms with E-state index < -0.39 is 5.92 Å². The molecular formula is C14H17ClF2N4. The molecule has 1 fully saturated rings. The Morgan fingerprint density at radius 1 is 1.43 bits per heavy atom. The molecule has 0 saturated carbocycles. The Kier molecular flexibility index (Phi) is 3.73. The number of alkyl halides is 2. The molecule has 3 aliphatic heterocycles. The molecule has 3 aliphatic rings. The van der Waals surface area contributed by atoms with Crippen molar-refractivity contribution in [3.63, 3.8) is 0 Å². The van der Waals surface area contributed by atoms with E-state index in [0.29, 0.717) is 30.5 Å². The van der Waals surface area contributed by atoms with E-state index >= 15 is 0 Å². The summed E-state index contributed by atoms with van der Waals surface area (Å²) in [6, 6.07) is 0.0199. The highest BCUT2D eigenvalue weighted by molar-refractivity contribution is 6.69. The van der Waals surface area contributed by atoms with E-state index in [-0.39, 0.29) is 19.0 Å². The molecule has 0 amide bonds. The standard InChI is InChI=1S/C14H17ClF2N4/c1-10-3-4-11-12(15)18-6-8-21(11)13(19-10)20-7-2-5-14(16,17)9-20/h4,6,8,10H,2-3,5,7,9H2,1H3. The first-order chi connectivity index (χ1) is 9.96. The van der Waals surface area contributed by atoms with E-state index in [1.807, 2.05) is 13.0 Å². The Bertz CT molecular complexity index is 553. The summed E-state index contributed by atoms with van der Waals surface area (Å²) < 4.78 is 27.4. The molecule has 4 nitrogen and oxygen atoms in total. The van der Waals surface area contributed by atoms with Crippen molar-refractivity contribution >= 4 is 22.7 Å². The van der Waals surface area contributed by atoms with Gasteiger partial charge >= 0.3 is 0 Å². The van der Waals surface area contributed by atoms with Gasteiger partial charge in [0.2, 0.25) is 5.96 Å². The molecule has 0 N–H and O–H groups in total. The van der Waals surface area contributed by atoms with E-state index in [4.69, 9.17) is 11.6 Å². The second-order valence-corrected chi connectivity index (χ2v) is 5.93. The first kappa shape index (κ1) is 14.5. The topological polar surface area (TPSA) is 31.2 Å². The highest BCUT2D eigenvalue weighted by Crippen LogP contribution is 2.30. The number of piperidine rings is 1. The molecule has 114 valence electrons. The minimum atomic E-state index is -2.67. The molecule has 0 bridgehead atoms. The largest absolute Gasteiger partial charge is 0.336 e. The Labute approximate surface area is 127 Å². The maximum Gasteiger partial charge on any atom is 0.265 e. The summed E-state index contributed by atoms with van der Waals surface area (Å²) >= 11 is 6.14. The molecule has 0 spiro atoms. The van der Waals surface area contributed by atoms with E-state index in [0.717, 1.165) is 5.70 Å². The number of allylic oxidation sites excluding steroid dienone is 1. The third kappa shape index (κ3) is 2.95. The van der Waals surface area contributed by atoms with E-state index in [9.17, 15) is 8.78 Å². The third-order valence-electron chi connectivity index (χ3n) is 3.75. The maximum absolute atomic E-state index is 13.7. The molecule has 0 aromatic carbocycles. The van der Waals surface area contributed by atoms with Crippen LogP contribution in [0.15, 0.2) is 34.2 Å². The minimum Gasteiger partial charge on any atom is -0.336 e. The smallest absolute Gasteiger partial charge is 0.265 e. The van der Waals surface area contributed by atoms with Crippen LogP contribution in [0.3, 0.4) is 0 Å². The van der Waals surface area contributed by atoms with Crippen molar-refractivity contribution in [1.82, 2.24) is 9.80 Å². The molecule has 0 aliphatic carbocycles. The zero-order valence-electron chi connectivity index (χ0n) is 11.8. The fraction of sp³-hybridized carbons (Fsp3) is 0.571. The normalized spacial score (nSPS) is 28.4. The van der Waals surface area contributed by atoms with Crippen LogP contribution in [0.1, 0.15) is 26.2 Å². The van der Waals surface area contributed by atoms with Gasteiger partial charge < -0.3 is 4.90 Å². The van der Waals surface area contributed by atoms with Crippen molar-refractivity contribution < 1.29 is 8.78 Å². The van der Waals surface area contributed by atoms with Gasteiger partial charge in [0.05, 0.1) is 18.3 Å². The zero-order chi connectivity index (χ0) is 15.0. The van der Waals surface area contributed by atoms with Crippen molar-refractivity contribution in [2.75, 3.05) is 13.1 Å². The van der Waals surface area contributed by atoms with Gasteiger partial charge in [-0.3, -0.25) is 4.90 Å². The highest BCUT2D eigenvalue weighted by atomic mass is 35.5. The number of guanidine groups is 1. The van der Waals surface area contributed by atoms with Crippen LogP contribution >= 0.6 is 11.6 Å². The van der Waals surface area contributed by atoms with Gasteiger partial charge in [-0.05, 0) is 19.8 Å². The van der Waals surface area contributed by atoms with E-state index in [1.165, 1.54) is 0 Å². The summed E-state index contributed by atoms with van der Waals surface area (Å²) in [5, 5.41) is 0.364. The highest BCUT2D eigenvalue weighted by Gasteiger charge is 2.38. The molecule has 1 unspecified atom stereocenters. The Morgan fingerprint density at radius 2 is 2.24 bits per heavy atom. The average Bonchev–Trinajstić information content (AvgIpc) is 2.58. The number of fused-ring (bicyclic) bond motifs is 1. The van der Waals surface area contributed by atoms with Crippen LogP contribution in [0.25, 0.3) is 0 Å². The van der Waals surface area contributed by atoms with Crippen molar-refractivity contribution in [2.24, 2.45) is 9.98 Å². The number of halogens is 3. The van der Waals surface area contributed by atoms with E-state index in [1.54, 1.807) is 22.2 Å². The van der Waals surface area contributed by atoms with Crippen molar-refractivity contribution in [1.29, 1.82) is 0 Å². The molecule has 7 heteroatoms. The summed E-state index contributed by atoms with van der Waals surface area (Å²) in [4.78, 5) is 12.1. The number of rotatable bonds is 0. The van der Waals surface area contributed by atoms with Crippen LogP contribution in [0.4, 0.5) is 8.78 Å². The second kappa shape index (κ2) is 5.40. The Morgan fingerprint density at radius 3 is 3.00 bits per heavy atom. The van der Waals surface area contributed by atoms with Crippen LogP contribution < -0.4 is 0 Å². The molecular weight excluding hydrogens is 298 g/mol. The first-order valence-electron chi connectivity index (χ1n) is 7.06. The molecule has 3 rings (SSSR count). The number of likely N-dealkylation sites (tertiary alicyclic amines) is 1. The number of aliphatic imine (C=N–C) groups is 2. The molecule has 0 radical (unpaired) electrons. The van der Waals surface area contributed by atoms with Crippen LogP contribution in [0.5, 0.6) is 0 Å². The van der Waals surface area contributed by atoms with Crippen LogP contribution in [0, 0.1) is 0 Å². The lowest BCUT2D eigenvalue weighted by atomic mass is 10.1. The monoisotopic (exact) mass is 314 g/mol. The van der Waals surface area contributed by atoms with Crippen LogP contribution in [0.2, 0.25) is 0 Å². The SMILES string of the molecule is CC1CC=C2C(Cl)=NC=CN2C(N2CCCC(F)(F)C2)=N1. The van der Waals surface area contributed by atoms with Crippen LogP contribution in [-0.4, -0.2) is 46.0 Å². The molecule has 1 atom stereocenters. The van der Waals surface area contributed by atoms with Gasteiger partial charge in [-0.15, -0.1) is 0 Å². The van der Waals surface area contributed by atoms with E-state index in [2.05, 4.69) is 9.98 Å². The molecule has 21 heavy (non-hydrogen) atoms. The van der Waals surface area contributed by atoms with Gasteiger partial charge in [0.15, 0.2) is 5.17 Å². The van der Waals surface area contributed by atoms with Gasteiger partial charge in [0.1, 0.15) is 0 Å². The third-order valence-corrected chi connectivity index (χ3v) is 4.04. The fourth-order valence-corrected chi connectivity index (χ4v) is 2.96. The average molecular weight is 315 g/mol. The lowest BCUT2D eigenvalue weighted by Crippen LogP contribution is -2.51. The lowest BCUT2D eigenvalue weighted by molar-refractivity contribution is -0.0484. The zero-order valence-corrected chi connectivity index (χ0v) is 12.5. The predicted molar refractivity (Wildman–Crippen MR) is 79.6 cm³/mol. The van der Waals surface area contributed by atoms with Gasteiger partial charge in [-0.1, -0.05) is 17.7 Å². The fourth-order valence-electron chi connectivity index (χ4n) is 2.73. The summed E-state index contributed by atoms with van der Waals surface area (Å²) in [6.45, 7) is 2.24. The second-order valence-electron chi connectivity index (χ2n) is 5.57.